The van der Waals surface area contributed by atoms with Crippen molar-refractivity contribution in [3.05, 3.63) is 143 Å². The normalized spacial score (nSPS) is 13.7. The first-order chi connectivity index (χ1) is 21.0. The van der Waals surface area contributed by atoms with Gasteiger partial charge in [-0.3, -0.25) is 14.6 Å². The Hall–Kier alpha value is -4.91. The van der Waals surface area contributed by atoms with Crippen LogP contribution in [-0.2, 0) is 28.0 Å². The summed E-state index contributed by atoms with van der Waals surface area (Å²) < 4.78 is 0. The summed E-state index contributed by atoms with van der Waals surface area (Å²) in [6.07, 6.45) is 2.71. The number of guanidine groups is 1. The summed E-state index contributed by atoms with van der Waals surface area (Å²) in [5, 5.41) is 3.24. The molecule has 5 N–H and O–H groups in total. The second kappa shape index (κ2) is 13.8. The standard InChI is InChI=1S/C36H39N5O2/c37-35(38)39-24-12-23-32(33(42)41-25-13-16-27-14-10-11-15-28(27)26-41)40-34(43)36(29-17-4-1-5-18-29,30-19-6-2-7-20-30)31-21-8-3-9-22-31/h1-11,14-15,17-22,32H,12-13,16,23-26H2,(H,40,43)(H4,37,38,39)/t32-/m1/s1. The first kappa shape index (κ1) is 29.6. The summed E-state index contributed by atoms with van der Waals surface area (Å²) in [6.45, 7) is 1.50. The van der Waals surface area contributed by atoms with Crippen LogP contribution >= 0.6 is 0 Å². The lowest BCUT2D eigenvalue weighted by Gasteiger charge is -2.36. The van der Waals surface area contributed by atoms with Crippen molar-refractivity contribution in [3.8, 4) is 0 Å². The highest BCUT2D eigenvalue weighted by molar-refractivity contribution is 5.99. The highest BCUT2D eigenvalue weighted by atomic mass is 16.2. The Morgan fingerprint density at radius 2 is 1.28 bits per heavy atom. The van der Waals surface area contributed by atoms with Gasteiger partial charge in [0.1, 0.15) is 11.5 Å². The van der Waals surface area contributed by atoms with Crippen molar-refractivity contribution in [1.82, 2.24) is 10.2 Å². The molecule has 220 valence electrons. The van der Waals surface area contributed by atoms with Crippen molar-refractivity contribution in [2.75, 3.05) is 13.1 Å². The molecule has 5 rings (SSSR count). The van der Waals surface area contributed by atoms with Gasteiger partial charge in [-0.2, -0.15) is 0 Å². The summed E-state index contributed by atoms with van der Waals surface area (Å²) in [7, 11) is 0. The molecule has 4 aromatic rings. The largest absolute Gasteiger partial charge is 0.370 e. The lowest BCUT2D eigenvalue weighted by atomic mass is 9.68. The van der Waals surface area contributed by atoms with Gasteiger partial charge >= 0.3 is 0 Å². The molecular weight excluding hydrogens is 534 g/mol. The van der Waals surface area contributed by atoms with E-state index in [1.165, 1.54) is 5.56 Å². The number of nitrogens with zero attached hydrogens (tertiary/aromatic N) is 2. The minimum Gasteiger partial charge on any atom is -0.370 e. The number of benzene rings is 4. The molecule has 7 nitrogen and oxygen atoms in total. The van der Waals surface area contributed by atoms with E-state index in [-0.39, 0.29) is 17.8 Å². The molecule has 0 radical (unpaired) electrons. The van der Waals surface area contributed by atoms with Crippen molar-refractivity contribution < 1.29 is 9.59 Å². The monoisotopic (exact) mass is 573 g/mol. The minimum absolute atomic E-state index is 0.00675. The first-order valence-electron chi connectivity index (χ1n) is 14.9. The summed E-state index contributed by atoms with van der Waals surface area (Å²) >= 11 is 0. The van der Waals surface area contributed by atoms with Crippen molar-refractivity contribution in [2.45, 2.75) is 43.7 Å². The van der Waals surface area contributed by atoms with Crippen LogP contribution in [0.5, 0.6) is 0 Å². The Morgan fingerprint density at radius 1 is 0.767 bits per heavy atom. The number of nitrogens with two attached hydrogens (primary N) is 2. The number of amides is 2. The topological polar surface area (TPSA) is 114 Å². The molecule has 0 fully saturated rings. The van der Waals surface area contributed by atoms with Crippen LogP contribution in [0.3, 0.4) is 0 Å². The Morgan fingerprint density at radius 3 is 1.81 bits per heavy atom. The molecule has 1 aliphatic heterocycles. The van der Waals surface area contributed by atoms with E-state index >= 15 is 0 Å². The number of aliphatic imine (C=N–C) groups is 1. The van der Waals surface area contributed by atoms with Crippen LogP contribution in [0.2, 0.25) is 0 Å². The zero-order valence-electron chi connectivity index (χ0n) is 24.4. The van der Waals surface area contributed by atoms with Crippen molar-refractivity contribution in [1.29, 1.82) is 0 Å². The SMILES string of the molecule is NC(N)=NCCC[C@@H](NC(=O)C(c1ccccc1)(c1ccccc1)c1ccccc1)C(=O)N1CCCc2ccccc2C1. The Balaban J connectivity index is 1.55. The smallest absolute Gasteiger partial charge is 0.245 e. The van der Waals surface area contributed by atoms with Crippen LogP contribution in [0.4, 0.5) is 0 Å². The molecule has 0 saturated heterocycles. The van der Waals surface area contributed by atoms with Crippen molar-refractivity contribution in [3.63, 3.8) is 0 Å². The maximum absolute atomic E-state index is 14.9. The summed E-state index contributed by atoms with van der Waals surface area (Å²) in [5.41, 5.74) is 14.8. The van der Waals surface area contributed by atoms with Gasteiger partial charge in [0.15, 0.2) is 5.96 Å². The third-order valence-corrected chi connectivity index (χ3v) is 8.18. The highest BCUT2D eigenvalue weighted by Gasteiger charge is 2.45. The zero-order valence-corrected chi connectivity index (χ0v) is 24.4. The van der Waals surface area contributed by atoms with Crippen molar-refractivity contribution >= 4 is 17.8 Å². The molecule has 0 bridgehead atoms. The molecule has 0 unspecified atom stereocenters. The van der Waals surface area contributed by atoms with Gasteiger partial charge in [0.25, 0.3) is 0 Å². The fraction of sp³-hybridized carbons (Fsp3) is 0.250. The zero-order chi connectivity index (χ0) is 30.1. The van der Waals surface area contributed by atoms with Gasteiger partial charge in [-0.05, 0) is 53.5 Å². The second-order valence-corrected chi connectivity index (χ2v) is 11.0. The number of hydrogen-bond acceptors (Lipinski definition) is 3. The average Bonchev–Trinajstić information content (AvgIpc) is 3.27. The van der Waals surface area contributed by atoms with Gasteiger partial charge in [-0.1, -0.05) is 115 Å². The van der Waals surface area contributed by atoms with Crippen molar-refractivity contribution in [2.24, 2.45) is 16.5 Å². The Kier molecular flexibility index (Phi) is 9.52. The molecule has 2 amide bonds. The molecule has 0 spiro atoms. The molecular formula is C36H39N5O2. The van der Waals surface area contributed by atoms with Gasteiger partial charge in [0, 0.05) is 19.6 Å². The quantitative estimate of drug-likeness (QED) is 0.112. The number of carbonyl (C=O) groups is 2. The third-order valence-electron chi connectivity index (χ3n) is 8.18. The molecule has 7 heteroatoms. The molecule has 1 aliphatic rings. The molecule has 0 saturated carbocycles. The maximum Gasteiger partial charge on any atom is 0.245 e. The van der Waals surface area contributed by atoms with Crippen LogP contribution in [-0.4, -0.2) is 41.8 Å². The van der Waals surface area contributed by atoms with Gasteiger partial charge < -0.3 is 21.7 Å². The maximum atomic E-state index is 14.9. The molecule has 43 heavy (non-hydrogen) atoms. The van der Waals surface area contributed by atoms with Gasteiger partial charge in [0.2, 0.25) is 11.8 Å². The fourth-order valence-corrected chi connectivity index (χ4v) is 6.09. The third kappa shape index (κ3) is 6.61. The molecule has 0 aliphatic carbocycles. The number of fused-ring (bicyclic) bond motifs is 1. The summed E-state index contributed by atoms with van der Waals surface area (Å²) in [6, 6.07) is 36.8. The predicted molar refractivity (Wildman–Crippen MR) is 171 cm³/mol. The van der Waals surface area contributed by atoms with Crippen LogP contribution in [0, 0.1) is 0 Å². The van der Waals surface area contributed by atoms with E-state index in [0.717, 1.165) is 35.1 Å². The van der Waals surface area contributed by atoms with Crippen LogP contribution in [0.15, 0.2) is 120 Å². The molecule has 1 heterocycles. The summed E-state index contributed by atoms with van der Waals surface area (Å²) in [4.78, 5) is 35.2. The van der Waals surface area contributed by atoms with E-state index in [0.29, 0.717) is 32.5 Å². The predicted octanol–water partition coefficient (Wildman–Crippen LogP) is 4.53. The fourth-order valence-electron chi connectivity index (χ4n) is 6.09. The molecule has 4 aromatic carbocycles. The van der Waals surface area contributed by atoms with Crippen LogP contribution < -0.4 is 16.8 Å². The lowest BCUT2D eigenvalue weighted by Crippen LogP contribution is -2.54. The second-order valence-electron chi connectivity index (χ2n) is 11.0. The molecule has 1 atom stereocenters. The van der Waals surface area contributed by atoms with E-state index in [4.69, 9.17) is 11.5 Å². The first-order valence-corrected chi connectivity index (χ1v) is 14.9. The van der Waals surface area contributed by atoms with Gasteiger partial charge in [0.05, 0.1) is 0 Å². The number of rotatable bonds is 10. The number of aryl methyl sites for hydroxylation is 1. The van der Waals surface area contributed by atoms with E-state index in [2.05, 4.69) is 22.4 Å². The van der Waals surface area contributed by atoms with E-state index < -0.39 is 11.5 Å². The van der Waals surface area contributed by atoms with E-state index in [1.807, 2.05) is 108 Å². The average molecular weight is 574 g/mol. The lowest BCUT2D eigenvalue weighted by molar-refractivity contribution is -0.138. The number of hydrogen-bond donors (Lipinski definition) is 3. The number of nitrogens with one attached hydrogen (secondary N) is 1. The summed E-state index contributed by atoms with van der Waals surface area (Å²) in [5.74, 6) is -0.350. The Bertz CT molecular complexity index is 1440. The molecule has 0 aromatic heterocycles. The van der Waals surface area contributed by atoms with E-state index in [9.17, 15) is 9.59 Å². The highest BCUT2D eigenvalue weighted by Crippen LogP contribution is 2.40. The number of carbonyl (C=O) groups excluding carboxylic acids is 2. The van der Waals surface area contributed by atoms with Gasteiger partial charge in [-0.25, -0.2) is 0 Å². The Labute approximate surface area is 253 Å². The van der Waals surface area contributed by atoms with Crippen LogP contribution in [0.25, 0.3) is 0 Å². The van der Waals surface area contributed by atoms with Gasteiger partial charge in [-0.15, -0.1) is 0 Å². The van der Waals surface area contributed by atoms with E-state index in [1.54, 1.807) is 0 Å². The minimum atomic E-state index is -1.19. The van der Waals surface area contributed by atoms with Crippen LogP contribution in [0.1, 0.15) is 47.1 Å².